The molecular formula is C14H17NOS. The normalized spacial score (nSPS) is 12.4. The van der Waals surface area contributed by atoms with E-state index in [1.54, 1.807) is 11.3 Å². The molecule has 0 aliphatic rings. The van der Waals surface area contributed by atoms with Crippen molar-refractivity contribution in [2.24, 2.45) is 0 Å². The molecule has 0 aliphatic carbocycles. The van der Waals surface area contributed by atoms with Crippen LogP contribution in [0.15, 0.2) is 41.8 Å². The Kier molecular flexibility index (Phi) is 3.82. The highest BCUT2D eigenvalue weighted by Crippen LogP contribution is 2.23. The van der Waals surface area contributed by atoms with Gasteiger partial charge in [-0.1, -0.05) is 18.2 Å². The Morgan fingerprint density at radius 1 is 1.18 bits per heavy atom. The van der Waals surface area contributed by atoms with Crippen LogP contribution in [0.1, 0.15) is 16.5 Å². The fraction of sp³-hybridized carbons (Fsp3) is 0.286. The highest BCUT2D eigenvalue weighted by atomic mass is 32.1. The van der Waals surface area contributed by atoms with Crippen LogP contribution in [0.3, 0.4) is 0 Å². The Morgan fingerprint density at radius 2 is 1.88 bits per heavy atom. The van der Waals surface area contributed by atoms with Gasteiger partial charge >= 0.3 is 0 Å². The number of aliphatic hydroxyl groups excluding tert-OH is 1. The third-order valence-electron chi connectivity index (χ3n) is 2.77. The molecule has 3 heteroatoms. The molecule has 1 N–H and O–H groups in total. The number of nitrogens with zero attached hydrogens (tertiary/aromatic N) is 1. The summed E-state index contributed by atoms with van der Waals surface area (Å²) in [5.41, 5.74) is 2.13. The Bertz CT molecular complexity index is 448. The number of anilines is 1. The fourth-order valence-electron chi connectivity index (χ4n) is 1.73. The summed E-state index contributed by atoms with van der Waals surface area (Å²) in [6.45, 7) is 0. The highest BCUT2D eigenvalue weighted by Gasteiger charge is 2.09. The molecule has 0 saturated heterocycles. The van der Waals surface area contributed by atoms with Gasteiger partial charge in [0.1, 0.15) is 0 Å². The second-order valence-electron chi connectivity index (χ2n) is 4.29. The Balaban J connectivity index is 2.06. The van der Waals surface area contributed by atoms with Gasteiger partial charge in [-0.15, -0.1) is 11.3 Å². The lowest BCUT2D eigenvalue weighted by Gasteiger charge is -2.14. The van der Waals surface area contributed by atoms with Gasteiger partial charge in [-0.05, 0) is 29.1 Å². The van der Waals surface area contributed by atoms with Gasteiger partial charge in [0, 0.05) is 31.1 Å². The summed E-state index contributed by atoms with van der Waals surface area (Å²) in [5.74, 6) is 0. The van der Waals surface area contributed by atoms with Gasteiger partial charge in [0.05, 0.1) is 6.10 Å². The third-order valence-corrected chi connectivity index (χ3v) is 3.67. The summed E-state index contributed by atoms with van der Waals surface area (Å²) in [5, 5.41) is 12.2. The molecule has 1 aromatic carbocycles. The molecule has 0 aliphatic heterocycles. The first-order chi connectivity index (χ1) is 8.16. The van der Waals surface area contributed by atoms with E-state index in [0.29, 0.717) is 6.42 Å². The van der Waals surface area contributed by atoms with Crippen LogP contribution in [0, 0.1) is 0 Å². The SMILES string of the molecule is CN(C)c1ccc(C(O)Cc2cccs2)cc1. The third kappa shape index (κ3) is 3.08. The molecule has 1 unspecified atom stereocenters. The minimum atomic E-state index is -0.412. The van der Waals surface area contributed by atoms with Crippen molar-refractivity contribution >= 4 is 17.0 Å². The van der Waals surface area contributed by atoms with Crippen LogP contribution in [0.25, 0.3) is 0 Å². The average molecular weight is 247 g/mol. The van der Waals surface area contributed by atoms with E-state index in [1.165, 1.54) is 4.88 Å². The fourth-order valence-corrected chi connectivity index (χ4v) is 2.47. The molecule has 0 amide bonds. The molecular weight excluding hydrogens is 230 g/mol. The maximum Gasteiger partial charge on any atom is 0.0838 e. The lowest BCUT2D eigenvalue weighted by atomic mass is 10.1. The Morgan fingerprint density at radius 3 is 2.41 bits per heavy atom. The number of hydrogen-bond acceptors (Lipinski definition) is 3. The molecule has 0 spiro atoms. The molecule has 1 heterocycles. The van der Waals surface area contributed by atoms with Gasteiger partial charge in [0.15, 0.2) is 0 Å². The number of rotatable bonds is 4. The molecule has 2 nitrogen and oxygen atoms in total. The number of aliphatic hydroxyl groups is 1. The molecule has 17 heavy (non-hydrogen) atoms. The molecule has 0 fully saturated rings. The van der Waals surface area contributed by atoms with Crippen LogP contribution in [0.4, 0.5) is 5.69 Å². The molecule has 1 atom stereocenters. The molecule has 2 rings (SSSR count). The second kappa shape index (κ2) is 5.34. The summed E-state index contributed by atoms with van der Waals surface area (Å²) < 4.78 is 0. The minimum absolute atomic E-state index is 0.412. The van der Waals surface area contributed by atoms with Crippen LogP contribution >= 0.6 is 11.3 Å². The van der Waals surface area contributed by atoms with Crippen molar-refractivity contribution in [3.8, 4) is 0 Å². The molecule has 2 aromatic rings. The van der Waals surface area contributed by atoms with Gasteiger partial charge in [0.2, 0.25) is 0 Å². The predicted molar refractivity (Wildman–Crippen MR) is 73.8 cm³/mol. The van der Waals surface area contributed by atoms with Crippen molar-refractivity contribution < 1.29 is 5.11 Å². The topological polar surface area (TPSA) is 23.5 Å². The summed E-state index contributed by atoms with van der Waals surface area (Å²) in [4.78, 5) is 3.27. The first kappa shape index (κ1) is 12.1. The second-order valence-corrected chi connectivity index (χ2v) is 5.32. The largest absolute Gasteiger partial charge is 0.388 e. The van der Waals surface area contributed by atoms with E-state index in [9.17, 15) is 5.11 Å². The first-order valence-corrected chi connectivity index (χ1v) is 6.52. The van der Waals surface area contributed by atoms with Crippen molar-refractivity contribution in [3.63, 3.8) is 0 Å². The number of benzene rings is 1. The van der Waals surface area contributed by atoms with Crippen LogP contribution in [0.2, 0.25) is 0 Å². The Labute approximate surface area is 106 Å². The van der Waals surface area contributed by atoms with Gasteiger partial charge in [-0.3, -0.25) is 0 Å². The number of hydrogen-bond donors (Lipinski definition) is 1. The van der Waals surface area contributed by atoms with Crippen molar-refractivity contribution in [3.05, 3.63) is 52.2 Å². The van der Waals surface area contributed by atoms with Gasteiger partial charge in [-0.25, -0.2) is 0 Å². The van der Waals surface area contributed by atoms with E-state index in [-0.39, 0.29) is 0 Å². The maximum atomic E-state index is 10.1. The molecule has 1 aromatic heterocycles. The molecule has 0 radical (unpaired) electrons. The zero-order valence-electron chi connectivity index (χ0n) is 10.1. The summed E-state index contributed by atoms with van der Waals surface area (Å²) in [6, 6.07) is 12.1. The molecule has 90 valence electrons. The zero-order valence-corrected chi connectivity index (χ0v) is 10.9. The van der Waals surface area contributed by atoms with Crippen LogP contribution in [-0.2, 0) is 6.42 Å². The van der Waals surface area contributed by atoms with E-state index < -0.39 is 6.10 Å². The van der Waals surface area contributed by atoms with E-state index in [0.717, 1.165) is 11.3 Å². The maximum absolute atomic E-state index is 10.1. The van der Waals surface area contributed by atoms with Gasteiger partial charge in [-0.2, -0.15) is 0 Å². The first-order valence-electron chi connectivity index (χ1n) is 5.64. The average Bonchev–Trinajstić information content (AvgIpc) is 2.82. The van der Waals surface area contributed by atoms with Crippen LogP contribution in [0.5, 0.6) is 0 Å². The van der Waals surface area contributed by atoms with E-state index in [4.69, 9.17) is 0 Å². The van der Waals surface area contributed by atoms with E-state index >= 15 is 0 Å². The van der Waals surface area contributed by atoms with E-state index in [2.05, 4.69) is 11.0 Å². The van der Waals surface area contributed by atoms with Crippen LogP contribution in [-0.4, -0.2) is 19.2 Å². The number of thiophene rings is 1. The summed E-state index contributed by atoms with van der Waals surface area (Å²) in [6.07, 6.45) is 0.281. The molecule has 0 saturated carbocycles. The van der Waals surface area contributed by atoms with Crippen molar-refractivity contribution in [2.75, 3.05) is 19.0 Å². The van der Waals surface area contributed by atoms with Gasteiger partial charge < -0.3 is 10.0 Å². The van der Waals surface area contributed by atoms with Crippen molar-refractivity contribution in [2.45, 2.75) is 12.5 Å². The monoisotopic (exact) mass is 247 g/mol. The van der Waals surface area contributed by atoms with Crippen molar-refractivity contribution in [1.82, 2.24) is 0 Å². The van der Waals surface area contributed by atoms with Gasteiger partial charge in [0.25, 0.3) is 0 Å². The lowest BCUT2D eigenvalue weighted by Crippen LogP contribution is -2.08. The summed E-state index contributed by atoms with van der Waals surface area (Å²) in [7, 11) is 4.02. The lowest BCUT2D eigenvalue weighted by molar-refractivity contribution is 0.179. The highest BCUT2D eigenvalue weighted by molar-refractivity contribution is 7.09. The standard InChI is InChI=1S/C14H17NOS/c1-15(2)12-7-5-11(6-8-12)14(16)10-13-4-3-9-17-13/h3-9,14,16H,10H2,1-2H3. The van der Waals surface area contributed by atoms with Crippen molar-refractivity contribution in [1.29, 1.82) is 0 Å². The smallest absolute Gasteiger partial charge is 0.0838 e. The summed E-state index contributed by atoms with van der Waals surface area (Å²) >= 11 is 1.69. The minimum Gasteiger partial charge on any atom is -0.388 e. The molecule has 0 bridgehead atoms. The quantitative estimate of drug-likeness (QED) is 0.897. The van der Waals surface area contributed by atoms with Crippen LogP contribution < -0.4 is 4.90 Å². The van der Waals surface area contributed by atoms with E-state index in [1.807, 2.05) is 49.8 Å². The predicted octanol–water partition coefficient (Wildman–Crippen LogP) is 3.09. The zero-order chi connectivity index (χ0) is 12.3. The Hall–Kier alpha value is -1.32.